The predicted molar refractivity (Wildman–Crippen MR) is 96.0 cm³/mol. The van der Waals surface area contributed by atoms with Gasteiger partial charge >= 0.3 is 0 Å². The standard InChI is InChI=1S/C20H25FN2O2/c1-13-9-19(16(4)23(13)18-7-5-17(21)6-8-18)20(24)12-22-10-14(2)25-15(3)11-22/h5-9,14-15H,10-12H2,1-4H3. The van der Waals surface area contributed by atoms with Gasteiger partial charge in [0.05, 0.1) is 18.8 Å². The number of aromatic nitrogens is 1. The van der Waals surface area contributed by atoms with Crippen molar-refractivity contribution in [2.24, 2.45) is 0 Å². The number of rotatable bonds is 4. The molecule has 1 fully saturated rings. The van der Waals surface area contributed by atoms with Crippen molar-refractivity contribution < 1.29 is 13.9 Å². The lowest BCUT2D eigenvalue weighted by Crippen LogP contribution is -2.47. The van der Waals surface area contributed by atoms with Crippen molar-refractivity contribution in [3.05, 3.63) is 53.1 Å². The molecule has 2 aromatic rings. The second-order valence-electron chi connectivity index (χ2n) is 6.97. The highest BCUT2D eigenvalue weighted by molar-refractivity contribution is 5.99. The fraction of sp³-hybridized carbons (Fsp3) is 0.450. The van der Waals surface area contributed by atoms with Crippen LogP contribution in [0.3, 0.4) is 0 Å². The van der Waals surface area contributed by atoms with E-state index in [2.05, 4.69) is 4.90 Å². The van der Waals surface area contributed by atoms with Gasteiger partial charge in [0.15, 0.2) is 5.78 Å². The number of benzene rings is 1. The van der Waals surface area contributed by atoms with Crippen LogP contribution in [0.1, 0.15) is 35.6 Å². The smallest absolute Gasteiger partial charge is 0.178 e. The van der Waals surface area contributed by atoms with Gasteiger partial charge in [0.2, 0.25) is 0 Å². The van der Waals surface area contributed by atoms with Gasteiger partial charge < -0.3 is 9.30 Å². The molecule has 25 heavy (non-hydrogen) atoms. The molecule has 1 aliphatic rings. The van der Waals surface area contributed by atoms with E-state index in [0.29, 0.717) is 6.54 Å². The number of halogens is 1. The number of ether oxygens (including phenoxy) is 1. The Morgan fingerprint density at radius 3 is 2.36 bits per heavy atom. The number of nitrogens with zero attached hydrogens (tertiary/aromatic N) is 2. The first-order valence-corrected chi connectivity index (χ1v) is 8.71. The lowest BCUT2D eigenvalue weighted by atomic mass is 10.1. The molecule has 5 heteroatoms. The number of aryl methyl sites for hydroxylation is 1. The van der Waals surface area contributed by atoms with Gasteiger partial charge in [-0.3, -0.25) is 9.69 Å². The largest absolute Gasteiger partial charge is 0.373 e. The van der Waals surface area contributed by atoms with Gasteiger partial charge in [-0.1, -0.05) is 0 Å². The normalized spacial score (nSPS) is 21.5. The molecule has 4 nitrogen and oxygen atoms in total. The van der Waals surface area contributed by atoms with Crippen LogP contribution < -0.4 is 0 Å². The van der Waals surface area contributed by atoms with Crippen molar-refractivity contribution >= 4 is 5.78 Å². The molecule has 0 saturated carbocycles. The van der Waals surface area contributed by atoms with Crippen LogP contribution in [-0.2, 0) is 4.74 Å². The van der Waals surface area contributed by atoms with Crippen molar-refractivity contribution in [1.82, 2.24) is 9.47 Å². The van der Waals surface area contributed by atoms with Gasteiger partial charge in [0.25, 0.3) is 0 Å². The molecule has 3 rings (SSSR count). The highest BCUT2D eigenvalue weighted by Crippen LogP contribution is 2.22. The zero-order chi connectivity index (χ0) is 18.1. The number of hydrogen-bond acceptors (Lipinski definition) is 3. The summed E-state index contributed by atoms with van der Waals surface area (Å²) in [5, 5.41) is 0. The first kappa shape index (κ1) is 17.8. The van der Waals surface area contributed by atoms with E-state index < -0.39 is 0 Å². The summed E-state index contributed by atoms with van der Waals surface area (Å²) in [7, 11) is 0. The monoisotopic (exact) mass is 344 g/mol. The second-order valence-corrected chi connectivity index (χ2v) is 6.97. The summed E-state index contributed by atoms with van der Waals surface area (Å²) in [5.74, 6) is -0.152. The Morgan fingerprint density at radius 1 is 1.16 bits per heavy atom. The van der Waals surface area contributed by atoms with Crippen LogP contribution >= 0.6 is 0 Å². The van der Waals surface area contributed by atoms with Crippen molar-refractivity contribution in [2.45, 2.75) is 39.9 Å². The van der Waals surface area contributed by atoms with Crippen molar-refractivity contribution in [1.29, 1.82) is 0 Å². The first-order chi connectivity index (χ1) is 11.8. The van der Waals surface area contributed by atoms with Gasteiger partial charge in [-0.15, -0.1) is 0 Å². The molecule has 0 amide bonds. The summed E-state index contributed by atoms with van der Waals surface area (Å²) in [4.78, 5) is 15.0. The molecule has 0 radical (unpaired) electrons. The highest BCUT2D eigenvalue weighted by atomic mass is 19.1. The van der Waals surface area contributed by atoms with Gasteiger partial charge in [0, 0.05) is 35.7 Å². The Kier molecular flexibility index (Phi) is 5.06. The van der Waals surface area contributed by atoms with E-state index in [0.717, 1.165) is 35.7 Å². The Labute approximate surface area is 148 Å². The van der Waals surface area contributed by atoms with Crippen molar-refractivity contribution in [3.8, 4) is 5.69 Å². The fourth-order valence-corrected chi connectivity index (χ4v) is 3.73. The average Bonchev–Trinajstić information content (AvgIpc) is 2.82. The van der Waals surface area contributed by atoms with Crippen LogP contribution in [0.5, 0.6) is 0 Å². The molecule has 0 bridgehead atoms. The SMILES string of the molecule is Cc1cc(C(=O)CN2CC(C)OC(C)C2)c(C)n1-c1ccc(F)cc1. The Hall–Kier alpha value is -1.98. The van der Waals surface area contributed by atoms with E-state index in [-0.39, 0.29) is 23.8 Å². The van der Waals surface area contributed by atoms with Gasteiger partial charge in [-0.2, -0.15) is 0 Å². The molecule has 1 aliphatic heterocycles. The van der Waals surface area contributed by atoms with E-state index in [1.807, 2.05) is 38.3 Å². The van der Waals surface area contributed by atoms with Crippen LogP contribution in [0.15, 0.2) is 30.3 Å². The summed E-state index contributed by atoms with van der Waals surface area (Å²) in [6, 6.07) is 8.26. The summed E-state index contributed by atoms with van der Waals surface area (Å²) in [6.07, 6.45) is 0.284. The van der Waals surface area contributed by atoms with Crippen LogP contribution in [0, 0.1) is 19.7 Å². The molecular weight excluding hydrogens is 319 g/mol. The average molecular weight is 344 g/mol. The predicted octanol–water partition coefficient (Wildman–Crippen LogP) is 3.53. The molecule has 0 N–H and O–H groups in total. The molecule has 2 unspecified atom stereocenters. The van der Waals surface area contributed by atoms with E-state index in [1.165, 1.54) is 12.1 Å². The minimum Gasteiger partial charge on any atom is -0.373 e. The summed E-state index contributed by atoms with van der Waals surface area (Å²) in [5.41, 5.74) is 3.46. The highest BCUT2D eigenvalue weighted by Gasteiger charge is 2.25. The first-order valence-electron chi connectivity index (χ1n) is 8.71. The molecule has 0 spiro atoms. The summed E-state index contributed by atoms with van der Waals surface area (Å²) < 4.78 is 20.9. The van der Waals surface area contributed by atoms with E-state index in [9.17, 15) is 9.18 Å². The Bertz CT molecular complexity index is 757. The molecule has 2 heterocycles. The lowest BCUT2D eigenvalue weighted by molar-refractivity contribution is -0.0652. The maximum Gasteiger partial charge on any atom is 0.178 e. The number of carbonyl (C=O) groups is 1. The molecule has 134 valence electrons. The zero-order valence-corrected chi connectivity index (χ0v) is 15.3. The minimum atomic E-state index is -0.266. The molecule has 1 aromatic carbocycles. The summed E-state index contributed by atoms with van der Waals surface area (Å²) in [6.45, 7) is 9.91. The number of carbonyl (C=O) groups excluding carboxylic acids is 1. The lowest BCUT2D eigenvalue weighted by Gasteiger charge is -2.34. The molecule has 0 aliphatic carbocycles. The van der Waals surface area contributed by atoms with Gasteiger partial charge in [-0.05, 0) is 58.0 Å². The zero-order valence-electron chi connectivity index (χ0n) is 15.3. The third-order valence-electron chi connectivity index (χ3n) is 4.68. The third-order valence-corrected chi connectivity index (χ3v) is 4.68. The molecule has 1 saturated heterocycles. The number of ketones is 1. The number of morpholine rings is 1. The summed E-state index contributed by atoms with van der Waals surface area (Å²) >= 11 is 0. The van der Waals surface area contributed by atoms with Crippen LogP contribution in [0.25, 0.3) is 5.69 Å². The number of Topliss-reactive ketones (excluding diaryl/α,β-unsaturated/α-hetero) is 1. The van der Waals surface area contributed by atoms with Crippen LogP contribution in [0.2, 0.25) is 0 Å². The van der Waals surface area contributed by atoms with Crippen LogP contribution in [0.4, 0.5) is 4.39 Å². The van der Waals surface area contributed by atoms with E-state index >= 15 is 0 Å². The Balaban J connectivity index is 1.82. The van der Waals surface area contributed by atoms with Gasteiger partial charge in [-0.25, -0.2) is 4.39 Å². The maximum absolute atomic E-state index is 13.2. The molecule has 2 atom stereocenters. The van der Waals surface area contributed by atoms with Crippen molar-refractivity contribution in [2.75, 3.05) is 19.6 Å². The molecular formula is C20H25FN2O2. The quantitative estimate of drug-likeness (QED) is 0.796. The Morgan fingerprint density at radius 2 is 1.76 bits per heavy atom. The van der Waals surface area contributed by atoms with E-state index in [4.69, 9.17) is 4.74 Å². The third kappa shape index (κ3) is 3.83. The minimum absolute atomic E-state index is 0.114. The van der Waals surface area contributed by atoms with E-state index in [1.54, 1.807) is 12.1 Å². The fourth-order valence-electron chi connectivity index (χ4n) is 3.73. The maximum atomic E-state index is 13.2. The van der Waals surface area contributed by atoms with Crippen LogP contribution in [-0.4, -0.2) is 47.1 Å². The van der Waals surface area contributed by atoms with Crippen molar-refractivity contribution in [3.63, 3.8) is 0 Å². The molecule has 1 aromatic heterocycles. The second kappa shape index (κ2) is 7.10. The van der Waals surface area contributed by atoms with Gasteiger partial charge in [0.1, 0.15) is 5.82 Å². The topological polar surface area (TPSA) is 34.5 Å². The number of hydrogen-bond donors (Lipinski definition) is 0.